The van der Waals surface area contributed by atoms with Crippen LogP contribution in [-0.2, 0) is 14.3 Å². The third-order valence-electron chi connectivity index (χ3n) is 7.50. The Kier molecular flexibility index (Phi) is 13.6. The van der Waals surface area contributed by atoms with Crippen LogP contribution in [0.1, 0.15) is 83.4 Å². The molecule has 0 aliphatic heterocycles. The molecule has 0 bridgehead atoms. The van der Waals surface area contributed by atoms with Crippen molar-refractivity contribution in [3.05, 3.63) is 71.8 Å². The summed E-state index contributed by atoms with van der Waals surface area (Å²) in [5.41, 5.74) is 1.05. The number of phenolic OH excluding ortho intramolecular Hbond substituents is 1. The van der Waals surface area contributed by atoms with Crippen molar-refractivity contribution in [1.29, 1.82) is 0 Å². The number of phenols is 1. The predicted octanol–water partition coefficient (Wildman–Crippen LogP) is 7.98. The van der Waals surface area contributed by atoms with Gasteiger partial charge < -0.3 is 25.4 Å². The lowest BCUT2D eigenvalue weighted by Gasteiger charge is -2.35. The predicted molar refractivity (Wildman–Crippen MR) is 185 cm³/mol. The molecule has 0 aliphatic rings. The third kappa shape index (κ3) is 11.0. The molecule has 3 rings (SSSR count). The van der Waals surface area contributed by atoms with Crippen molar-refractivity contribution in [2.75, 3.05) is 23.9 Å². The Morgan fingerprint density at radius 1 is 0.956 bits per heavy atom. The highest BCUT2D eigenvalue weighted by Gasteiger charge is 2.36. The Morgan fingerprint density at radius 3 is 2.33 bits per heavy atom. The molecule has 0 aliphatic carbocycles. The number of ether oxygens (including phenoxy) is 1. The minimum Gasteiger partial charge on any atom is -0.508 e. The minimum atomic E-state index is -1.01. The topological polar surface area (TPSA) is 108 Å². The molecule has 244 valence electrons. The molecule has 0 aromatic heterocycles. The number of fused-ring (bicyclic) bond motifs is 1. The van der Waals surface area contributed by atoms with Gasteiger partial charge in [0.2, 0.25) is 5.91 Å². The summed E-state index contributed by atoms with van der Waals surface area (Å²) < 4.78 is 5.50. The summed E-state index contributed by atoms with van der Waals surface area (Å²) in [6, 6.07) is 16.7. The van der Waals surface area contributed by atoms with Gasteiger partial charge in [-0.2, -0.15) is 11.8 Å². The fourth-order valence-corrected chi connectivity index (χ4v) is 5.67. The standard InChI is InChI=1S/C36H49N3O5S/c1-7-8-9-10-13-21-39(34(42)30(20-22-45-6)38-35(43)44-36(3,4)5)32(28-17-19-31(40)25(2)23-28)33(41)37-29-18-16-26-14-11-12-15-27(26)24-29/h11-12,14-19,23-24,30,32,40H,7-10,13,20-22H2,1-6H3,(H,37,41)(H,38,43). The lowest BCUT2D eigenvalue weighted by atomic mass is 9.99. The largest absolute Gasteiger partial charge is 0.508 e. The average molecular weight is 636 g/mol. The molecule has 45 heavy (non-hydrogen) atoms. The van der Waals surface area contributed by atoms with Gasteiger partial charge in [0.25, 0.3) is 5.91 Å². The number of hydrogen-bond donors (Lipinski definition) is 3. The highest BCUT2D eigenvalue weighted by molar-refractivity contribution is 7.98. The van der Waals surface area contributed by atoms with Crippen LogP contribution in [0.4, 0.5) is 10.5 Å². The number of benzene rings is 3. The zero-order valence-corrected chi connectivity index (χ0v) is 28.3. The molecule has 3 N–H and O–H groups in total. The maximum absolute atomic E-state index is 14.5. The first-order valence-electron chi connectivity index (χ1n) is 15.8. The highest BCUT2D eigenvalue weighted by atomic mass is 32.2. The molecule has 3 aromatic rings. The molecular formula is C36H49N3O5S. The van der Waals surface area contributed by atoms with Gasteiger partial charge in [0, 0.05) is 12.2 Å². The van der Waals surface area contributed by atoms with Gasteiger partial charge in [-0.25, -0.2) is 4.79 Å². The number of alkyl carbamates (subject to hydrolysis) is 1. The number of aromatic hydroxyl groups is 1. The van der Waals surface area contributed by atoms with E-state index in [4.69, 9.17) is 4.74 Å². The van der Waals surface area contributed by atoms with Crippen LogP contribution in [0, 0.1) is 6.92 Å². The summed E-state index contributed by atoms with van der Waals surface area (Å²) in [5.74, 6) is 0.00490. The number of anilines is 1. The lowest BCUT2D eigenvalue weighted by Crippen LogP contribution is -2.52. The summed E-state index contributed by atoms with van der Waals surface area (Å²) in [7, 11) is 0. The van der Waals surface area contributed by atoms with Crippen LogP contribution in [-0.4, -0.2) is 58.1 Å². The van der Waals surface area contributed by atoms with Gasteiger partial charge in [-0.15, -0.1) is 0 Å². The van der Waals surface area contributed by atoms with Crippen LogP contribution < -0.4 is 10.6 Å². The monoisotopic (exact) mass is 635 g/mol. The number of carbonyl (C=O) groups is 3. The van der Waals surface area contributed by atoms with Gasteiger partial charge in [-0.05, 0) is 98.7 Å². The van der Waals surface area contributed by atoms with Crippen LogP contribution in [0.5, 0.6) is 5.75 Å². The Hall–Kier alpha value is -3.72. The van der Waals surface area contributed by atoms with Crippen molar-refractivity contribution in [3.8, 4) is 5.75 Å². The Bertz CT molecular complexity index is 1440. The second kappa shape index (κ2) is 17.1. The molecule has 3 amide bonds. The molecule has 0 heterocycles. The molecule has 0 radical (unpaired) electrons. The highest BCUT2D eigenvalue weighted by Crippen LogP contribution is 2.30. The first-order chi connectivity index (χ1) is 21.4. The zero-order valence-electron chi connectivity index (χ0n) is 27.5. The third-order valence-corrected chi connectivity index (χ3v) is 8.14. The van der Waals surface area contributed by atoms with Crippen LogP contribution >= 0.6 is 11.8 Å². The van der Waals surface area contributed by atoms with Gasteiger partial charge in [-0.3, -0.25) is 9.59 Å². The van der Waals surface area contributed by atoms with E-state index >= 15 is 0 Å². The maximum Gasteiger partial charge on any atom is 0.408 e. The van der Waals surface area contributed by atoms with E-state index in [1.165, 1.54) is 0 Å². The molecule has 2 unspecified atom stereocenters. The van der Waals surface area contributed by atoms with Crippen LogP contribution in [0.15, 0.2) is 60.7 Å². The second-order valence-electron chi connectivity index (χ2n) is 12.4. The van der Waals surface area contributed by atoms with E-state index in [9.17, 15) is 19.5 Å². The fourth-order valence-electron chi connectivity index (χ4n) is 5.19. The number of nitrogens with zero attached hydrogens (tertiary/aromatic N) is 1. The van der Waals surface area contributed by atoms with E-state index in [0.29, 0.717) is 42.0 Å². The average Bonchev–Trinajstić information content (AvgIpc) is 2.98. The minimum absolute atomic E-state index is 0.106. The first kappa shape index (κ1) is 35.8. The van der Waals surface area contributed by atoms with Gasteiger partial charge in [0.05, 0.1) is 0 Å². The molecule has 0 fully saturated rings. The van der Waals surface area contributed by atoms with E-state index < -0.39 is 23.8 Å². The summed E-state index contributed by atoms with van der Waals surface area (Å²) >= 11 is 1.57. The number of thioether (sulfide) groups is 1. The Labute approximate surface area is 272 Å². The van der Waals surface area contributed by atoms with Crippen LogP contribution in [0.3, 0.4) is 0 Å². The maximum atomic E-state index is 14.5. The van der Waals surface area contributed by atoms with Crippen LogP contribution in [0.25, 0.3) is 10.8 Å². The molecule has 8 nitrogen and oxygen atoms in total. The van der Waals surface area contributed by atoms with Crippen molar-refractivity contribution in [3.63, 3.8) is 0 Å². The fraction of sp³-hybridized carbons (Fsp3) is 0.472. The van der Waals surface area contributed by atoms with Gasteiger partial charge >= 0.3 is 6.09 Å². The van der Waals surface area contributed by atoms with Crippen molar-refractivity contribution < 1.29 is 24.2 Å². The number of rotatable bonds is 15. The summed E-state index contributed by atoms with van der Waals surface area (Å²) in [6.07, 6.45) is 6.44. The molecule has 0 saturated carbocycles. The van der Waals surface area contributed by atoms with Gasteiger partial charge in [-0.1, -0.05) is 69.0 Å². The SMILES string of the molecule is CCCCCCCN(C(=O)C(CCSC)NC(=O)OC(C)(C)C)C(C(=O)Nc1ccc2ccccc2c1)c1ccc(O)c(C)c1. The summed E-state index contributed by atoms with van der Waals surface area (Å²) in [6.45, 7) is 9.55. The van der Waals surface area contributed by atoms with E-state index in [0.717, 1.165) is 36.5 Å². The molecule has 0 spiro atoms. The number of hydrogen-bond acceptors (Lipinski definition) is 6. The Morgan fingerprint density at radius 2 is 1.67 bits per heavy atom. The molecule has 0 saturated heterocycles. The lowest BCUT2D eigenvalue weighted by molar-refractivity contribution is -0.141. The molecule has 3 aromatic carbocycles. The van der Waals surface area contributed by atoms with E-state index in [1.54, 1.807) is 62.6 Å². The van der Waals surface area contributed by atoms with E-state index in [-0.39, 0.29) is 17.6 Å². The zero-order chi connectivity index (χ0) is 33.0. The quantitative estimate of drug-likeness (QED) is 0.146. The second-order valence-corrected chi connectivity index (χ2v) is 13.4. The normalized spacial score (nSPS) is 12.8. The summed E-state index contributed by atoms with van der Waals surface area (Å²) in [5, 5.41) is 18.2. The molecule has 9 heteroatoms. The first-order valence-corrected chi connectivity index (χ1v) is 17.2. The van der Waals surface area contributed by atoms with Gasteiger partial charge in [0.15, 0.2) is 0 Å². The number of unbranched alkanes of at least 4 members (excludes halogenated alkanes) is 4. The molecule has 2 atom stereocenters. The van der Waals surface area contributed by atoms with Gasteiger partial charge in [0.1, 0.15) is 23.4 Å². The van der Waals surface area contributed by atoms with Crippen molar-refractivity contribution >= 4 is 46.1 Å². The Balaban J connectivity index is 2.04. The number of aryl methyl sites for hydroxylation is 1. The smallest absolute Gasteiger partial charge is 0.408 e. The van der Waals surface area contributed by atoms with E-state index in [2.05, 4.69) is 17.6 Å². The summed E-state index contributed by atoms with van der Waals surface area (Å²) in [4.78, 5) is 43.2. The van der Waals surface area contributed by atoms with Crippen LogP contribution in [0.2, 0.25) is 0 Å². The van der Waals surface area contributed by atoms with Crippen molar-refractivity contribution in [2.45, 2.75) is 90.8 Å². The number of amides is 3. The molecular weight excluding hydrogens is 586 g/mol. The van der Waals surface area contributed by atoms with E-state index in [1.807, 2.05) is 48.7 Å². The van der Waals surface area contributed by atoms with Crippen molar-refractivity contribution in [2.24, 2.45) is 0 Å². The number of nitrogens with one attached hydrogen (secondary N) is 2. The van der Waals surface area contributed by atoms with Crippen molar-refractivity contribution in [1.82, 2.24) is 10.2 Å². The number of carbonyl (C=O) groups excluding carboxylic acids is 3.